The second kappa shape index (κ2) is 8.69. The molecule has 1 aromatic carbocycles. The van der Waals surface area contributed by atoms with Crippen LogP contribution < -0.4 is 5.32 Å². The highest BCUT2D eigenvalue weighted by molar-refractivity contribution is 7.99. The van der Waals surface area contributed by atoms with Gasteiger partial charge in [0.2, 0.25) is 11.1 Å². The Hall–Kier alpha value is -2.81. The summed E-state index contributed by atoms with van der Waals surface area (Å²) in [5, 5.41) is 12.2. The topological polar surface area (TPSA) is 94.0 Å². The minimum atomic E-state index is -0.266. The highest BCUT2D eigenvalue weighted by Gasteiger charge is 2.18. The molecule has 7 nitrogen and oxygen atoms in total. The van der Waals surface area contributed by atoms with Gasteiger partial charge in [-0.15, -0.1) is 10.2 Å². The van der Waals surface area contributed by atoms with Crippen LogP contribution in [0.25, 0.3) is 22.9 Å². The van der Waals surface area contributed by atoms with Crippen LogP contribution in [0.1, 0.15) is 0 Å². The molecule has 0 aliphatic rings. The molecule has 146 valence electrons. The maximum absolute atomic E-state index is 12.3. The van der Waals surface area contributed by atoms with Gasteiger partial charge in [0.15, 0.2) is 17.2 Å². The lowest BCUT2D eigenvalue weighted by Crippen LogP contribution is -2.14. The van der Waals surface area contributed by atoms with Crippen LogP contribution in [0.15, 0.2) is 69.0 Å². The van der Waals surface area contributed by atoms with Crippen LogP contribution >= 0.6 is 35.0 Å². The third-order valence-electron chi connectivity index (χ3n) is 3.71. The summed E-state index contributed by atoms with van der Waals surface area (Å²) in [4.78, 5) is 16.7. The van der Waals surface area contributed by atoms with Crippen LogP contribution in [-0.4, -0.2) is 26.8 Å². The number of rotatable bonds is 6. The van der Waals surface area contributed by atoms with Crippen molar-refractivity contribution in [2.24, 2.45) is 0 Å². The van der Waals surface area contributed by atoms with Gasteiger partial charge in [-0.1, -0.05) is 35.0 Å². The average Bonchev–Trinajstić information content (AvgIpc) is 3.42. The number of nitrogens with one attached hydrogen (secondary N) is 1. The second-order valence-electron chi connectivity index (χ2n) is 5.71. The number of amides is 1. The third-order valence-corrected chi connectivity index (χ3v) is 5.10. The molecule has 4 rings (SSSR count). The highest BCUT2D eigenvalue weighted by atomic mass is 35.5. The number of aromatic nitrogens is 3. The lowest BCUT2D eigenvalue weighted by atomic mass is 10.2. The van der Waals surface area contributed by atoms with Crippen molar-refractivity contribution in [3.63, 3.8) is 0 Å². The van der Waals surface area contributed by atoms with E-state index in [4.69, 9.17) is 32.0 Å². The van der Waals surface area contributed by atoms with Crippen LogP contribution in [0, 0.1) is 0 Å². The van der Waals surface area contributed by atoms with Crippen molar-refractivity contribution >= 4 is 46.6 Å². The van der Waals surface area contributed by atoms with Crippen molar-refractivity contribution in [1.82, 2.24) is 15.2 Å². The molecule has 29 heavy (non-hydrogen) atoms. The van der Waals surface area contributed by atoms with E-state index in [0.717, 1.165) is 11.8 Å². The molecule has 3 heterocycles. The summed E-state index contributed by atoms with van der Waals surface area (Å²) in [5.74, 6) is 0.837. The van der Waals surface area contributed by atoms with E-state index in [0.29, 0.717) is 43.8 Å². The smallest absolute Gasteiger partial charge is 0.234 e. The first-order valence-electron chi connectivity index (χ1n) is 8.30. The molecule has 0 bridgehead atoms. The molecule has 0 spiro atoms. The van der Waals surface area contributed by atoms with E-state index in [9.17, 15) is 4.79 Å². The number of halogens is 2. The number of nitrogens with zero attached hydrogens (tertiary/aromatic N) is 3. The minimum absolute atomic E-state index is 0.0678. The monoisotopic (exact) mass is 446 g/mol. The Morgan fingerprint density at radius 2 is 1.72 bits per heavy atom. The molecule has 10 heteroatoms. The predicted molar refractivity (Wildman–Crippen MR) is 111 cm³/mol. The van der Waals surface area contributed by atoms with Gasteiger partial charge in [-0.3, -0.25) is 4.79 Å². The van der Waals surface area contributed by atoms with Crippen LogP contribution in [0.2, 0.25) is 10.0 Å². The molecule has 0 saturated heterocycles. The number of furan rings is 2. The minimum Gasteiger partial charge on any atom is -0.463 e. The lowest BCUT2D eigenvalue weighted by Gasteiger charge is -2.08. The number of carbonyl (C=O) groups excluding carboxylic acids is 1. The molecule has 0 saturated carbocycles. The molecule has 0 radical (unpaired) electrons. The van der Waals surface area contributed by atoms with Crippen LogP contribution in [0.3, 0.4) is 0 Å². The molecular formula is C19H12Cl2N4O3S. The first-order valence-corrected chi connectivity index (χ1v) is 10.0. The maximum Gasteiger partial charge on any atom is 0.234 e. The van der Waals surface area contributed by atoms with Gasteiger partial charge in [0.1, 0.15) is 5.69 Å². The first kappa shape index (κ1) is 19.5. The van der Waals surface area contributed by atoms with Gasteiger partial charge in [0.05, 0.1) is 29.0 Å². The fourth-order valence-electron chi connectivity index (χ4n) is 2.44. The number of anilines is 1. The summed E-state index contributed by atoms with van der Waals surface area (Å²) in [5.41, 5.74) is 1.40. The number of benzene rings is 1. The Kier molecular flexibility index (Phi) is 5.84. The molecular weight excluding hydrogens is 435 g/mol. The summed E-state index contributed by atoms with van der Waals surface area (Å²) in [6.45, 7) is 0. The van der Waals surface area contributed by atoms with Crippen LogP contribution in [0.4, 0.5) is 5.69 Å². The molecule has 4 aromatic rings. The Labute approximate surface area is 179 Å². The third kappa shape index (κ3) is 4.61. The van der Waals surface area contributed by atoms with Crippen molar-refractivity contribution in [2.75, 3.05) is 11.1 Å². The first-order chi connectivity index (χ1) is 14.1. The fourth-order valence-corrected chi connectivity index (χ4v) is 3.49. The van der Waals surface area contributed by atoms with Crippen molar-refractivity contribution < 1.29 is 13.6 Å². The zero-order valence-electron chi connectivity index (χ0n) is 14.6. The molecule has 1 amide bonds. The normalized spacial score (nSPS) is 10.8. The van der Waals surface area contributed by atoms with Gasteiger partial charge < -0.3 is 14.2 Å². The Morgan fingerprint density at radius 1 is 1.00 bits per heavy atom. The summed E-state index contributed by atoms with van der Waals surface area (Å²) in [6.07, 6.45) is 3.08. The molecule has 0 aliphatic carbocycles. The molecule has 0 aliphatic heterocycles. The van der Waals surface area contributed by atoms with Crippen molar-refractivity contribution in [3.8, 4) is 22.9 Å². The van der Waals surface area contributed by atoms with E-state index in [1.54, 1.807) is 48.7 Å². The SMILES string of the molecule is O=C(CSc1nnc(-c2ccco2)c(-c2ccco2)n1)Nc1ccc(Cl)cc1Cl. The summed E-state index contributed by atoms with van der Waals surface area (Å²) in [7, 11) is 0. The van der Waals surface area contributed by atoms with Gasteiger partial charge in [-0.25, -0.2) is 4.98 Å². The van der Waals surface area contributed by atoms with E-state index in [2.05, 4.69) is 20.5 Å². The van der Waals surface area contributed by atoms with Gasteiger partial charge in [0, 0.05) is 5.02 Å². The zero-order chi connectivity index (χ0) is 20.2. The molecule has 0 atom stereocenters. The number of hydrogen-bond donors (Lipinski definition) is 1. The Bertz CT molecular complexity index is 1130. The largest absolute Gasteiger partial charge is 0.463 e. The number of carbonyl (C=O) groups is 1. The summed E-state index contributed by atoms with van der Waals surface area (Å²) in [6, 6.07) is 11.9. The van der Waals surface area contributed by atoms with E-state index in [1.165, 1.54) is 6.26 Å². The molecule has 1 N–H and O–H groups in total. The Balaban J connectivity index is 1.50. The predicted octanol–water partition coefficient (Wildman–Crippen LogP) is 5.43. The lowest BCUT2D eigenvalue weighted by molar-refractivity contribution is -0.113. The standard InChI is InChI=1S/C19H12Cl2N4O3S/c20-11-5-6-13(12(21)9-11)22-16(26)10-29-19-23-17(14-3-1-7-27-14)18(24-25-19)15-4-2-8-28-15/h1-9H,10H2,(H,22,26). The van der Waals surface area contributed by atoms with Crippen molar-refractivity contribution in [2.45, 2.75) is 5.16 Å². The number of thioether (sulfide) groups is 1. The van der Waals surface area contributed by atoms with Crippen molar-refractivity contribution in [1.29, 1.82) is 0 Å². The molecule has 3 aromatic heterocycles. The van der Waals surface area contributed by atoms with E-state index in [1.807, 2.05) is 0 Å². The quantitative estimate of drug-likeness (QED) is 0.394. The maximum atomic E-state index is 12.3. The summed E-state index contributed by atoms with van der Waals surface area (Å²) < 4.78 is 10.9. The van der Waals surface area contributed by atoms with Crippen LogP contribution in [0.5, 0.6) is 0 Å². The van der Waals surface area contributed by atoms with Gasteiger partial charge in [-0.2, -0.15) is 0 Å². The Morgan fingerprint density at radius 3 is 2.38 bits per heavy atom. The number of hydrogen-bond acceptors (Lipinski definition) is 7. The van der Waals surface area contributed by atoms with Crippen molar-refractivity contribution in [3.05, 3.63) is 65.0 Å². The van der Waals surface area contributed by atoms with Gasteiger partial charge in [0.25, 0.3) is 0 Å². The van der Waals surface area contributed by atoms with Gasteiger partial charge in [-0.05, 0) is 42.5 Å². The van der Waals surface area contributed by atoms with Crippen LogP contribution in [-0.2, 0) is 4.79 Å². The van der Waals surface area contributed by atoms with Gasteiger partial charge >= 0.3 is 0 Å². The molecule has 0 fully saturated rings. The van der Waals surface area contributed by atoms with E-state index in [-0.39, 0.29) is 11.7 Å². The molecule has 0 unspecified atom stereocenters. The van der Waals surface area contributed by atoms with E-state index < -0.39 is 0 Å². The second-order valence-corrected chi connectivity index (χ2v) is 7.49. The summed E-state index contributed by atoms with van der Waals surface area (Å²) >= 11 is 13.1. The fraction of sp³-hybridized carbons (Fsp3) is 0.0526. The average molecular weight is 447 g/mol. The highest BCUT2D eigenvalue weighted by Crippen LogP contribution is 2.30. The van der Waals surface area contributed by atoms with E-state index >= 15 is 0 Å². The zero-order valence-corrected chi connectivity index (χ0v) is 17.0.